The Morgan fingerprint density at radius 2 is 0.782 bits per heavy atom. The quantitative estimate of drug-likeness (QED) is 0.0206. The number of aliphatic hydroxyl groups is 2. The van der Waals surface area contributed by atoms with E-state index >= 15 is 0 Å². The lowest BCUT2D eigenvalue weighted by Crippen LogP contribution is -2.42. The number of nitrogens with one attached hydrogen (secondary N) is 5. The zero-order valence-electron chi connectivity index (χ0n) is 69.1. The lowest BCUT2D eigenvalue weighted by atomic mass is 9.89. The molecule has 7 N–H and O–H groups in total. The first-order valence-electron chi connectivity index (χ1n) is 38.3. The fraction of sp³-hybridized carbons (Fsp3) is 0.360. The van der Waals surface area contributed by atoms with Gasteiger partial charge in [0.1, 0.15) is 63.5 Å². The average molecular weight is 1650 g/mol. The normalized spacial score (nSPS) is 12.6. The van der Waals surface area contributed by atoms with Gasteiger partial charge in [-0.25, -0.2) is 37.9 Å². The summed E-state index contributed by atoms with van der Waals surface area (Å²) < 4.78 is 55.7. The van der Waals surface area contributed by atoms with E-state index in [0.717, 1.165) is 6.26 Å². The Morgan fingerprint density at radius 3 is 1.16 bits per heavy atom. The highest BCUT2D eigenvalue weighted by Crippen LogP contribution is 2.28. The van der Waals surface area contributed by atoms with Crippen molar-refractivity contribution >= 4 is 108 Å². The highest BCUT2D eigenvalue weighted by molar-refractivity contribution is 7.90. The molecule has 0 radical (unpaired) electrons. The van der Waals surface area contributed by atoms with E-state index in [0.29, 0.717) is 143 Å². The van der Waals surface area contributed by atoms with Gasteiger partial charge in [-0.3, -0.25) is 33.6 Å². The van der Waals surface area contributed by atoms with Crippen molar-refractivity contribution in [1.82, 2.24) is 47.8 Å². The maximum atomic E-state index is 12.7. The van der Waals surface area contributed by atoms with E-state index in [9.17, 15) is 56.7 Å². The molecule has 1 saturated heterocycles. The van der Waals surface area contributed by atoms with Gasteiger partial charge in [-0.2, -0.15) is 0 Å². The fourth-order valence-electron chi connectivity index (χ4n) is 11.3. The summed E-state index contributed by atoms with van der Waals surface area (Å²) in [5, 5.41) is 32.0. The number of urea groups is 1. The molecule has 119 heavy (non-hydrogen) atoms. The number of aliphatic hydroxyl groups excluding tert-OH is 2. The van der Waals surface area contributed by atoms with Gasteiger partial charge in [0.2, 0.25) is 0 Å². The average Bonchev–Trinajstić information content (AvgIpc) is 1.69. The maximum Gasteiger partial charge on any atom is 0.412 e. The molecule has 12 rings (SSSR count). The number of rotatable bonds is 25. The second-order valence-electron chi connectivity index (χ2n) is 32.0. The summed E-state index contributed by atoms with van der Waals surface area (Å²) in [5.74, 6) is -0.165. The number of carbonyl (C=O) groups is 9. The zero-order valence-corrected chi connectivity index (χ0v) is 69.9. The van der Waals surface area contributed by atoms with Crippen LogP contribution >= 0.6 is 0 Å². The number of methoxy groups -OCH3 is 1. The van der Waals surface area contributed by atoms with Crippen LogP contribution < -0.4 is 36.1 Å². The molecule has 1 aliphatic rings. The van der Waals surface area contributed by atoms with Crippen LogP contribution in [-0.4, -0.2) is 199 Å². The number of imidazole rings is 4. The van der Waals surface area contributed by atoms with Crippen molar-refractivity contribution in [3.8, 4) is 11.5 Å². The molecule has 630 valence electrons. The number of hydrogen-bond donors (Lipinski definition) is 7. The Morgan fingerprint density at radius 1 is 0.429 bits per heavy atom. The van der Waals surface area contributed by atoms with Crippen molar-refractivity contribution in [3.05, 3.63) is 210 Å². The number of ether oxygens (including phenoxy) is 5. The topological polar surface area (TPSA) is 407 Å². The number of sulfone groups is 1. The number of ketones is 4. The number of fused-ring (bicyclic) bond motifs is 4. The minimum absolute atomic E-state index is 0.0318. The Balaban J connectivity index is 0.000000184. The Kier molecular flexibility index (Phi) is 30.2. The molecule has 0 bridgehead atoms. The Hall–Kier alpha value is -12.4. The molecule has 0 spiro atoms. The molecule has 11 aromatic rings. The third-order valence-corrected chi connectivity index (χ3v) is 19.0. The molecule has 1 aliphatic heterocycles. The molecule has 9 heterocycles. The Bertz CT molecular complexity index is 5560. The summed E-state index contributed by atoms with van der Waals surface area (Å²) >= 11 is 0. The predicted octanol–water partition coefficient (Wildman–Crippen LogP) is 12.5. The van der Waals surface area contributed by atoms with Crippen LogP contribution in [0.25, 0.3) is 22.6 Å². The molecular formula is C86H102N14O18S. The second-order valence-corrected chi connectivity index (χ2v) is 34.0. The van der Waals surface area contributed by atoms with E-state index in [1.54, 1.807) is 164 Å². The first kappa shape index (κ1) is 90.5. The number of aromatic nitrogens is 8. The number of Topliss-reactive ketones (excluding diaryl/α,β-unsaturated/α-hetero) is 4. The lowest BCUT2D eigenvalue weighted by Gasteiger charge is -2.29. The maximum absolute atomic E-state index is 12.7. The molecule has 0 saturated carbocycles. The number of benzene rings is 3. The summed E-state index contributed by atoms with van der Waals surface area (Å²) in [6, 6.07) is 32.9. The SMILES string of the molecule is CC(C)(C)C(=O)c1cn2cc(NC(=O)c3ccc(NC(=O)N4CCC(O)CC4)cc3)ccc2n1.CC(C)(C)C(=O)c1cn2cc(NC(=O)c3ccc(OC(=O)NCCOCCO)cc3)ccc2n1.CC(C)(C)C(=O)c1cn2cc(S(C)(=O)=O)ccc2n1.COCCOCCOc1ccc(C(=O)Nc2ccc3nc(C(=O)C(C)(C)C)cn3c2)cc1. The van der Waals surface area contributed by atoms with Crippen LogP contribution in [0.4, 0.5) is 32.3 Å². The second kappa shape index (κ2) is 39.7. The minimum atomic E-state index is -3.27. The third kappa shape index (κ3) is 26.0. The number of likely N-dealkylation sites (tertiary alicyclic amines) is 1. The molecule has 33 heteroatoms. The summed E-state index contributed by atoms with van der Waals surface area (Å²) in [5.41, 5.74) is 5.42. The van der Waals surface area contributed by atoms with Crippen molar-refractivity contribution < 1.29 is 85.5 Å². The van der Waals surface area contributed by atoms with Gasteiger partial charge in [0.15, 0.2) is 33.0 Å². The number of carbonyl (C=O) groups excluding carboxylic acids is 9. The minimum Gasteiger partial charge on any atom is -0.491 e. The van der Waals surface area contributed by atoms with Gasteiger partial charge in [-0.05, 0) is 134 Å². The van der Waals surface area contributed by atoms with Gasteiger partial charge < -0.3 is 83.0 Å². The van der Waals surface area contributed by atoms with Crippen LogP contribution in [-0.2, 0) is 24.0 Å². The smallest absolute Gasteiger partial charge is 0.412 e. The van der Waals surface area contributed by atoms with Gasteiger partial charge in [-0.1, -0.05) is 83.1 Å². The Labute approximate surface area is 688 Å². The molecule has 8 aromatic heterocycles. The number of piperidine rings is 1. The molecule has 0 aliphatic carbocycles. The largest absolute Gasteiger partial charge is 0.491 e. The number of pyridine rings is 4. The first-order chi connectivity index (χ1) is 56.1. The van der Waals surface area contributed by atoms with E-state index in [1.807, 2.05) is 83.1 Å². The van der Waals surface area contributed by atoms with E-state index in [-0.39, 0.29) is 90.0 Å². The van der Waals surface area contributed by atoms with Crippen molar-refractivity contribution in [1.29, 1.82) is 0 Å². The highest BCUT2D eigenvalue weighted by Gasteiger charge is 2.30. The molecule has 1 fully saturated rings. The standard InChI is InChI=1S/C25H29N5O4.C24H28N4O6.C24H29N3O5.C13H16N2O3S/c1-25(2,3)22(32)20-15-30-14-18(8-9-21(30)28-20)26-23(33)16-4-6-17(7-5-16)27-24(34)29-12-10-19(31)11-13-29;1-24(2,3)21(30)19-15-28-14-17(6-9-20(28)27-19)26-22(31)16-4-7-18(8-5-16)34-23(32)25-10-12-33-13-11-29;1-24(2,3)22(28)20-16-27-15-18(7-10-21(27)26-20)25-23(29)17-5-8-19(9-6-17)32-14-13-31-12-11-30-4;1-13(2,3)12(16)10-8-15-7-9(19(4,17)18)5-6-11(15)14-10/h4-9,14-15,19,31H,10-13H2,1-3H3,(H,26,33)(H,27,34);4-9,14-15,29H,10-13H2,1-3H3,(H,25,32)(H,26,31);5-10,15-16H,11-14H2,1-4H3,(H,25,29);5-8H,1-4H3. The monoisotopic (exact) mass is 1650 g/mol. The van der Waals surface area contributed by atoms with E-state index < -0.39 is 37.6 Å². The summed E-state index contributed by atoms with van der Waals surface area (Å²) in [7, 11) is -1.64. The van der Waals surface area contributed by atoms with E-state index in [4.69, 9.17) is 28.8 Å². The van der Waals surface area contributed by atoms with Crippen LogP contribution in [0, 0.1) is 21.7 Å². The number of amides is 6. The molecule has 32 nitrogen and oxygen atoms in total. The third-order valence-electron chi connectivity index (χ3n) is 17.9. The van der Waals surface area contributed by atoms with Crippen molar-refractivity contribution in [3.63, 3.8) is 0 Å². The molecular weight excluding hydrogens is 1550 g/mol. The van der Waals surface area contributed by atoms with Gasteiger partial charge in [0.25, 0.3) is 17.7 Å². The summed E-state index contributed by atoms with van der Waals surface area (Å²) in [4.78, 5) is 131. The zero-order chi connectivity index (χ0) is 86.7. The van der Waals surface area contributed by atoms with Crippen LogP contribution in [0.15, 0.2) is 176 Å². The summed E-state index contributed by atoms with van der Waals surface area (Å²) in [6.45, 7) is 25.7. The van der Waals surface area contributed by atoms with Gasteiger partial charge >= 0.3 is 12.1 Å². The van der Waals surface area contributed by atoms with E-state index in [1.165, 1.54) is 36.5 Å². The fourth-order valence-corrected chi connectivity index (χ4v) is 11.9. The number of anilines is 4. The molecule has 0 atom stereocenters. The van der Waals surface area contributed by atoms with E-state index in [2.05, 4.69) is 46.5 Å². The van der Waals surface area contributed by atoms with Crippen LogP contribution in [0.3, 0.4) is 0 Å². The van der Waals surface area contributed by atoms with Crippen molar-refractivity contribution in [2.75, 3.05) is 101 Å². The van der Waals surface area contributed by atoms with Crippen molar-refractivity contribution in [2.24, 2.45) is 21.7 Å². The van der Waals surface area contributed by atoms with Crippen LogP contribution in [0.2, 0.25) is 0 Å². The molecule has 6 amide bonds. The number of nitrogens with zero attached hydrogens (tertiary/aromatic N) is 9. The highest BCUT2D eigenvalue weighted by atomic mass is 32.2. The van der Waals surface area contributed by atoms with Crippen molar-refractivity contribution in [2.45, 2.75) is 107 Å². The lowest BCUT2D eigenvalue weighted by molar-refractivity contribution is 0.0544. The van der Waals surface area contributed by atoms with Gasteiger partial charge in [0, 0.05) is 127 Å². The summed E-state index contributed by atoms with van der Waals surface area (Å²) in [6.07, 6.45) is 14.5. The molecule has 0 unspecified atom stereocenters. The van der Waals surface area contributed by atoms with Crippen LogP contribution in [0.1, 0.15) is 169 Å². The first-order valence-corrected chi connectivity index (χ1v) is 40.2. The predicted molar refractivity (Wildman–Crippen MR) is 448 cm³/mol. The molecule has 3 aromatic carbocycles. The van der Waals surface area contributed by atoms with Gasteiger partial charge in [0.05, 0.1) is 67.7 Å². The van der Waals surface area contributed by atoms with Crippen LogP contribution in [0.5, 0.6) is 11.5 Å². The number of hydrogen-bond acceptors (Lipinski definition) is 22. The van der Waals surface area contributed by atoms with Gasteiger partial charge in [-0.15, -0.1) is 0 Å².